The highest BCUT2D eigenvalue weighted by molar-refractivity contribution is 7.91. The lowest BCUT2D eigenvalue weighted by Gasteiger charge is -2.09. The van der Waals surface area contributed by atoms with Crippen LogP contribution in [0, 0.1) is 6.92 Å². The Morgan fingerprint density at radius 2 is 1.90 bits per heavy atom. The summed E-state index contributed by atoms with van der Waals surface area (Å²) in [4.78, 5) is 14.7. The van der Waals surface area contributed by atoms with Crippen LogP contribution in [0.15, 0.2) is 42.6 Å². The summed E-state index contributed by atoms with van der Waals surface area (Å²) in [7, 11) is -3.60. The normalized spacial score (nSPS) is 11.1. The first-order valence-corrected chi connectivity index (χ1v) is 7.77. The quantitative estimate of drug-likeness (QED) is 0.881. The summed E-state index contributed by atoms with van der Waals surface area (Å²) in [6, 6.07) is 9.19. The van der Waals surface area contributed by atoms with Crippen molar-refractivity contribution < 1.29 is 18.3 Å². The summed E-state index contributed by atoms with van der Waals surface area (Å²) < 4.78 is 26.6. The number of carboxylic acid groups (broad SMARTS) is 1. The zero-order valence-corrected chi connectivity index (χ0v) is 12.1. The van der Waals surface area contributed by atoms with Gasteiger partial charge in [-0.2, -0.15) is 0 Å². The van der Waals surface area contributed by atoms with Crippen molar-refractivity contribution in [3.05, 3.63) is 59.3 Å². The molecule has 1 heterocycles. The number of hydrogen-bond acceptors (Lipinski definition) is 4. The third kappa shape index (κ3) is 4.03. The number of pyridine rings is 1. The van der Waals surface area contributed by atoms with E-state index in [9.17, 15) is 13.2 Å². The number of rotatable bonds is 5. The van der Waals surface area contributed by atoms with Gasteiger partial charge in [0.05, 0.1) is 11.3 Å². The average molecular weight is 306 g/mol. The van der Waals surface area contributed by atoms with Crippen LogP contribution >= 0.6 is 0 Å². The zero-order valence-electron chi connectivity index (χ0n) is 11.3. The molecule has 0 atom stereocenters. The van der Waals surface area contributed by atoms with Crippen LogP contribution in [-0.4, -0.2) is 24.5 Å². The molecule has 0 aliphatic carbocycles. The molecule has 0 fully saturated rings. The molecule has 6 nitrogen and oxygen atoms in total. The molecule has 0 saturated heterocycles. The molecule has 110 valence electrons. The molecule has 0 radical (unpaired) electrons. The molecule has 0 bridgehead atoms. The minimum absolute atomic E-state index is 0.115. The number of aromatic carboxylic acids is 1. The average Bonchev–Trinajstić information content (AvgIpc) is 2.41. The van der Waals surface area contributed by atoms with Gasteiger partial charge in [0.15, 0.2) is 0 Å². The van der Waals surface area contributed by atoms with E-state index in [1.807, 2.05) is 0 Å². The van der Waals surface area contributed by atoms with Gasteiger partial charge in [0.2, 0.25) is 10.0 Å². The van der Waals surface area contributed by atoms with E-state index in [0.717, 1.165) is 5.56 Å². The highest BCUT2D eigenvalue weighted by atomic mass is 32.2. The number of sulfonamides is 1. The van der Waals surface area contributed by atoms with Gasteiger partial charge in [-0.25, -0.2) is 18.2 Å². The largest absolute Gasteiger partial charge is 0.478 e. The van der Waals surface area contributed by atoms with Crippen LogP contribution in [0.2, 0.25) is 0 Å². The third-order valence-electron chi connectivity index (χ3n) is 2.82. The van der Waals surface area contributed by atoms with E-state index < -0.39 is 16.0 Å². The molecular weight excluding hydrogens is 292 g/mol. The fraction of sp³-hybridized carbons (Fsp3) is 0.143. The van der Waals surface area contributed by atoms with Crippen LogP contribution in [0.3, 0.4) is 0 Å². The maximum atomic E-state index is 12.1. The van der Waals surface area contributed by atoms with Gasteiger partial charge in [-0.3, -0.25) is 4.72 Å². The van der Waals surface area contributed by atoms with E-state index in [2.05, 4.69) is 9.71 Å². The Balaban J connectivity index is 2.14. The molecule has 1 aromatic carbocycles. The fourth-order valence-electron chi connectivity index (χ4n) is 1.74. The van der Waals surface area contributed by atoms with Crippen LogP contribution in [0.5, 0.6) is 0 Å². The molecule has 1 aromatic heterocycles. The molecule has 0 saturated carbocycles. The van der Waals surface area contributed by atoms with Crippen molar-refractivity contribution in [2.45, 2.75) is 12.7 Å². The Labute approximate surface area is 122 Å². The third-order valence-corrected chi connectivity index (χ3v) is 4.04. The molecule has 0 unspecified atom stereocenters. The first kappa shape index (κ1) is 15.0. The second-order valence-corrected chi connectivity index (χ2v) is 6.25. The van der Waals surface area contributed by atoms with E-state index in [0.29, 0.717) is 11.4 Å². The van der Waals surface area contributed by atoms with Crippen molar-refractivity contribution in [2.24, 2.45) is 0 Å². The molecule has 2 N–H and O–H groups in total. The van der Waals surface area contributed by atoms with E-state index in [-0.39, 0.29) is 11.3 Å². The zero-order chi connectivity index (χ0) is 15.5. The predicted molar refractivity (Wildman–Crippen MR) is 78.6 cm³/mol. The molecule has 0 amide bonds. The highest BCUT2D eigenvalue weighted by Gasteiger charge is 2.14. The van der Waals surface area contributed by atoms with E-state index in [1.165, 1.54) is 30.5 Å². The van der Waals surface area contributed by atoms with Crippen molar-refractivity contribution in [3.63, 3.8) is 0 Å². The molecule has 0 spiro atoms. The van der Waals surface area contributed by atoms with Crippen LogP contribution in [-0.2, 0) is 15.8 Å². The molecule has 2 rings (SSSR count). The number of aromatic nitrogens is 1. The topological polar surface area (TPSA) is 96.4 Å². The summed E-state index contributed by atoms with van der Waals surface area (Å²) >= 11 is 0. The number of carbonyl (C=O) groups is 1. The van der Waals surface area contributed by atoms with Gasteiger partial charge in [-0.05, 0) is 36.2 Å². The number of aryl methyl sites for hydroxylation is 1. The lowest BCUT2D eigenvalue weighted by Crippen LogP contribution is -2.16. The van der Waals surface area contributed by atoms with Crippen molar-refractivity contribution in [1.29, 1.82) is 0 Å². The van der Waals surface area contributed by atoms with Gasteiger partial charge in [-0.1, -0.05) is 18.2 Å². The number of anilines is 1. The van der Waals surface area contributed by atoms with Gasteiger partial charge in [0, 0.05) is 6.20 Å². The summed E-state index contributed by atoms with van der Waals surface area (Å²) in [5.74, 6) is -1.01. The summed E-state index contributed by atoms with van der Waals surface area (Å²) in [6.45, 7) is 1.76. The highest BCUT2D eigenvalue weighted by Crippen LogP contribution is 2.14. The van der Waals surface area contributed by atoms with Crippen LogP contribution < -0.4 is 4.72 Å². The molecule has 7 heteroatoms. The molecule has 0 aliphatic rings. The van der Waals surface area contributed by atoms with Gasteiger partial charge >= 0.3 is 5.97 Å². The molecular formula is C14H14N2O4S. The standard InChI is InChI=1S/C14H14N2O4S/c1-10-3-2-8-15-13(10)16-21(19,20)9-11-4-6-12(7-5-11)14(17)18/h2-8H,9H2,1H3,(H,15,16)(H,17,18). The van der Waals surface area contributed by atoms with E-state index in [1.54, 1.807) is 19.1 Å². The van der Waals surface area contributed by atoms with Crippen LogP contribution in [0.25, 0.3) is 0 Å². The van der Waals surface area contributed by atoms with E-state index in [4.69, 9.17) is 5.11 Å². The lowest BCUT2D eigenvalue weighted by atomic mass is 10.1. The summed E-state index contributed by atoms with van der Waals surface area (Å²) in [5, 5.41) is 8.79. The first-order valence-electron chi connectivity index (χ1n) is 6.12. The molecule has 2 aromatic rings. The van der Waals surface area contributed by atoms with E-state index >= 15 is 0 Å². The minimum Gasteiger partial charge on any atom is -0.478 e. The first-order chi connectivity index (χ1) is 9.87. The molecule has 0 aliphatic heterocycles. The fourth-order valence-corrected chi connectivity index (χ4v) is 2.95. The second kappa shape index (κ2) is 5.92. The van der Waals surface area contributed by atoms with Crippen molar-refractivity contribution in [3.8, 4) is 0 Å². The SMILES string of the molecule is Cc1cccnc1NS(=O)(=O)Cc1ccc(C(=O)O)cc1. The van der Waals surface area contributed by atoms with Gasteiger partial charge in [0.1, 0.15) is 5.82 Å². The van der Waals surface area contributed by atoms with Gasteiger partial charge < -0.3 is 5.11 Å². The Kier molecular flexibility index (Phi) is 4.23. The summed E-state index contributed by atoms with van der Waals surface area (Å²) in [5.41, 5.74) is 1.34. The van der Waals surface area contributed by atoms with Gasteiger partial charge in [-0.15, -0.1) is 0 Å². The number of nitrogens with one attached hydrogen (secondary N) is 1. The van der Waals surface area contributed by atoms with Crippen molar-refractivity contribution in [2.75, 3.05) is 4.72 Å². The Morgan fingerprint density at radius 1 is 1.24 bits per heavy atom. The Morgan fingerprint density at radius 3 is 2.48 bits per heavy atom. The second-order valence-electron chi connectivity index (χ2n) is 4.53. The Hall–Kier alpha value is -2.41. The maximum Gasteiger partial charge on any atom is 0.335 e. The van der Waals surface area contributed by atoms with Crippen molar-refractivity contribution >= 4 is 21.8 Å². The number of benzene rings is 1. The minimum atomic E-state index is -3.60. The van der Waals surface area contributed by atoms with Crippen LogP contribution in [0.4, 0.5) is 5.82 Å². The number of hydrogen-bond donors (Lipinski definition) is 2. The van der Waals surface area contributed by atoms with Gasteiger partial charge in [0.25, 0.3) is 0 Å². The Bertz CT molecular complexity index is 755. The summed E-state index contributed by atoms with van der Waals surface area (Å²) in [6.07, 6.45) is 1.51. The van der Waals surface area contributed by atoms with Crippen LogP contribution in [0.1, 0.15) is 21.5 Å². The number of nitrogens with zero attached hydrogens (tertiary/aromatic N) is 1. The smallest absolute Gasteiger partial charge is 0.335 e. The predicted octanol–water partition coefficient (Wildman–Crippen LogP) is 2.03. The monoisotopic (exact) mass is 306 g/mol. The lowest BCUT2D eigenvalue weighted by molar-refractivity contribution is 0.0697. The molecule has 21 heavy (non-hydrogen) atoms. The maximum absolute atomic E-state index is 12.1. The number of carboxylic acids is 1. The van der Waals surface area contributed by atoms with Crippen molar-refractivity contribution in [1.82, 2.24) is 4.98 Å².